The van der Waals surface area contributed by atoms with Gasteiger partial charge in [0.25, 0.3) is 0 Å². The Morgan fingerprint density at radius 3 is 2.88 bits per heavy atom. The fraction of sp³-hybridized carbons (Fsp3) is 0.357. The van der Waals surface area contributed by atoms with Crippen LogP contribution in [-0.2, 0) is 6.42 Å². The number of nitrogen functional groups attached to an aromatic ring is 1. The van der Waals surface area contributed by atoms with E-state index in [2.05, 4.69) is 36.6 Å². The number of anilines is 1. The largest absolute Gasteiger partial charge is 0.322 e. The number of nitrogens with one attached hydrogen (secondary N) is 1. The highest BCUT2D eigenvalue weighted by atomic mass is 15.2. The molecule has 1 aliphatic rings. The van der Waals surface area contributed by atoms with Gasteiger partial charge in [-0.2, -0.15) is 0 Å². The molecule has 1 aromatic carbocycles. The number of nitrogens with zero attached hydrogens (tertiary/aromatic N) is 1. The first kappa shape index (κ1) is 10.5. The van der Waals surface area contributed by atoms with Gasteiger partial charge in [0.15, 0.2) is 0 Å². The maximum atomic E-state index is 5.59. The summed E-state index contributed by atoms with van der Waals surface area (Å²) in [4.78, 5) is 4.84. The number of fused-ring (bicyclic) bond motifs is 1. The van der Waals surface area contributed by atoms with Crippen molar-refractivity contribution < 1.29 is 0 Å². The van der Waals surface area contributed by atoms with Crippen LogP contribution in [0.3, 0.4) is 0 Å². The van der Waals surface area contributed by atoms with E-state index >= 15 is 0 Å². The fourth-order valence-electron chi connectivity index (χ4n) is 2.34. The van der Waals surface area contributed by atoms with Gasteiger partial charge in [0, 0.05) is 11.3 Å². The number of nitrogens with two attached hydrogens (primary N) is 1. The number of aromatic nitrogens is 1. The van der Waals surface area contributed by atoms with Gasteiger partial charge in [0.2, 0.25) is 0 Å². The topological polar surface area (TPSA) is 50.9 Å². The Balaban J connectivity index is 2.25. The van der Waals surface area contributed by atoms with Crippen LogP contribution in [0, 0.1) is 0 Å². The van der Waals surface area contributed by atoms with Gasteiger partial charge in [0.1, 0.15) is 0 Å². The number of benzene rings is 1. The van der Waals surface area contributed by atoms with Gasteiger partial charge in [-0.1, -0.05) is 25.1 Å². The maximum Gasteiger partial charge on any atom is 0.0738 e. The van der Waals surface area contributed by atoms with Crippen LogP contribution < -0.4 is 11.3 Å². The molecule has 0 spiro atoms. The van der Waals surface area contributed by atoms with E-state index in [1.54, 1.807) is 0 Å². The minimum atomic E-state index is 0.607. The number of para-hydroxylation sites is 1. The van der Waals surface area contributed by atoms with Crippen LogP contribution >= 0.6 is 0 Å². The molecule has 0 aliphatic heterocycles. The zero-order valence-corrected chi connectivity index (χ0v) is 10.0. The molecule has 0 bridgehead atoms. The first-order valence-corrected chi connectivity index (χ1v) is 6.22. The summed E-state index contributed by atoms with van der Waals surface area (Å²) >= 11 is 0. The zero-order chi connectivity index (χ0) is 11.8. The summed E-state index contributed by atoms with van der Waals surface area (Å²) in [6.45, 7) is 2.17. The standard InChI is InChI=1S/C14H17N3/c1-2-9-4-3-5-11-8-12(17-15)14(10-6-7-10)16-13(9)11/h3-5,8,10,17H,2,6-7,15H2,1H3. The minimum Gasteiger partial charge on any atom is -0.322 e. The molecule has 1 aliphatic carbocycles. The SMILES string of the molecule is CCc1cccc2cc(NN)c(C3CC3)nc12. The third-order valence-electron chi connectivity index (χ3n) is 3.46. The van der Waals surface area contributed by atoms with Crippen molar-refractivity contribution in [2.45, 2.75) is 32.1 Å². The lowest BCUT2D eigenvalue weighted by molar-refractivity contribution is 1.03. The average Bonchev–Trinajstić information content (AvgIpc) is 3.20. The second-order valence-corrected chi connectivity index (χ2v) is 4.68. The molecule has 2 aromatic rings. The monoisotopic (exact) mass is 227 g/mol. The number of hydrazine groups is 1. The molecule has 1 saturated carbocycles. The Bertz CT molecular complexity index is 559. The highest BCUT2D eigenvalue weighted by molar-refractivity contribution is 5.85. The van der Waals surface area contributed by atoms with Crippen molar-refractivity contribution >= 4 is 16.6 Å². The lowest BCUT2D eigenvalue weighted by Crippen LogP contribution is -2.10. The van der Waals surface area contributed by atoms with Crippen molar-refractivity contribution in [2.75, 3.05) is 5.43 Å². The summed E-state index contributed by atoms with van der Waals surface area (Å²) in [6, 6.07) is 8.45. The quantitative estimate of drug-likeness (QED) is 0.626. The molecule has 0 unspecified atom stereocenters. The zero-order valence-electron chi connectivity index (χ0n) is 10.0. The minimum absolute atomic E-state index is 0.607. The fourth-order valence-corrected chi connectivity index (χ4v) is 2.34. The van der Waals surface area contributed by atoms with Crippen molar-refractivity contribution in [1.29, 1.82) is 0 Å². The number of rotatable bonds is 3. The van der Waals surface area contributed by atoms with Gasteiger partial charge in [0.05, 0.1) is 16.9 Å². The summed E-state index contributed by atoms with van der Waals surface area (Å²) in [5, 5.41) is 1.17. The highest BCUT2D eigenvalue weighted by Crippen LogP contribution is 2.43. The Morgan fingerprint density at radius 1 is 1.41 bits per heavy atom. The maximum absolute atomic E-state index is 5.59. The second kappa shape index (κ2) is 4.00. The van der Waals surface area contributed by atoms with E-state index in [0.29, 0.717) is 5.92 Å². The molecule has 3 nitrogen and oxygen atoms in total. The molecule has 0 saturated heterocycles. The molecule has 1 heterocycles. The van der Waals surface area contributed by atoms with Crippen molar-refractivity contribution in [3.05, 3.63) is 35.5 Å². The molecule has 0 radical (unpaired) electrons. The van der Waals surface area contributed by atoms with Gasteiger partial charge in [-0.3, -0.25) is 10.8 Å². The van der Waals surface area contributed by atoms with Gasteiger partial charge < -0.3 is 5.43 Å². The number of hydrogen-bond donors (Lipinski definition) is 2. The first-order chi connectivity index (χ1) is 8.33. The molecule has 88 valence electrons. The molecule has 3 rings (SSSR count). The Labute approximate surface area is 101 Å². The van der Waals surface area contributed by atoms with Crippen LogP contribution in [0.2, 0.25) is 0 Å². The van der Waals surface area contributed by atoms with Crippen molar-refractivity contribution in [3.63, 3.8) is 0 Å². The summed E-state index contributed by atoms with van der Waals surface area (Å²) in [6.07, 6.45) is 3.49. The highest BCUT2D eigenvalue weighted by Gasteiger charge is 2.28. The van der Waals surface area contributed by atoms with E-state index in [9.17, 15) is 0 Å². The van der Waals surface area contributed by atoms with E-state index in [0.717, 1.165) is 23.3 Å². The van der Waals surface area contributed by atoms with Gasteiger partial charge in [-0.05, 0) is 30.9 Å². The van der Waals surface area contributed by atoms with E-state index in [1.165, 1.54) is 23.8 Å². The van der Waals surface area contributed by atoms with Gasteiger partial charge >= 0.3 is 0 Å². The Morgan fingerprint density at radius 2 is 2.24 bits per heavy atom. The molecule has 0 atom stereocenters. The molecule has 0 amide bonds. The van der Waals surface area contributed by atoms with E-state index in [1.807, 2.05) is 0 Å². The van der Waals surface area contributed by atoms with Crippen molar-refractivity contribution in [1.82, 2.24) is 4.98 Å². The average molecular weight is 227 g/mol. The molecular weight excluding hydrogens is 210 g/mol. The molecule has 1 aromatic heterocycles. The van der Waals surface area contributed by atoms with Crippen molar-refractivity contribution in [2.24, 2.45) is 5.84 Å². The number of aryl methyl sites for hydroxylation is 1. The van der Waals surface area contributed by atoms with Gasteiger partial charge in [-0.25, -0.2) is 0 Å². The lowest BCUT2D eigenvalue weighted by Gasteiger charge is -2.11. The smallest absolute Gasteiger partial charge is 0.0738 e. The first-order valence-electron chi connectivity index (χ1n) is 6.22. The number of hydrogen-bond acceptors (Lipinski definition) is 3. The normalized spacial score (nSPS) is 15.2. The van der Waals surface area contributed by atoms with Gasteiger partial charge in [-0.15, -0.1) is 0 Å². The Kier molecular flexibility index (Phi) is 2.48. The third-order valence-corrected chi connectivity index (χ3v) is 3.46. The summed E-state index contributed by atoms with van der Waals surface area (Å²) in [5.74, 6) is 6.19. The molecular formula is C14H17N3. The van der Waals surface area contributed by atoms with Crippen LogP contribution in [0.15, 0.2) is 24.3 Å². The number of pyridine rings is 1. The van der Waals surface area contributed by atoms with E-state index < -0.39 is 0 Å². The van der Waals surface area contributed by atoms with Crippen LogP contribution in [0.5, 0.6) is 0 Å². The molecule has 1 fully saturated rings. The summed E-state index contributed by atoms with van der Waals surface area (Å²) in [7, 11) is 0. The lowest BCUT2D eigenvalue weighted by atomic mass is 10.1. The summed E-state index contributed by atoms with van der Waals surface area (Å²) in [5.41, 5.74) is 7.35. The Hall–Kier alpha value is -1.61. The third kappa shape index (κ3) is 1.76. The molecule has 3 N–H and O–H groups in total. The molecule has 3 heteroatoms. The van der Waals surface area contributed by atoms with Crippen LogP contribution in [0.4, 0.5) is 5.69 Å². The van der Waals surface area contributed by atoms with Crippen LogP contribution in [0.1, 0.15) is 36.9 Å². The van der Waals surface area contributed by atoms with E-state index in [4.69, 9.17) is 10.8 Å². The summed E-state index contributed by atoms with van der Waals surface area (Å²) < 4.78 is 0. The predicted octanol–water partition coefficient (Wildman–Crippen LogP) is 2.96. The molecule has 17 heavy (non-hydrogen) atoms. The van der Waals surface area contributed by atoms with Crippen molar-refractivity contribution in [3.8, 4) is 0 Å². The van der Waals surface area contributed by atoms with Crippen LogP contribution in [-0.4, -0.2) is 4.98 Å². The predicted molar refractivity (Wildman–Crippen MR) is 70.9 cm³/mol. The second-order valence-electron chi connectivity index (χ2n) is 4.68. The van der Waals surface area contributed by atoms with Crippen LogP contribution in [0.25, 0.3) is 10.9 Å². The van der Waals surface area contributed by atoms with E-state index in [-0.39, 0.29) is 0 Å².